The molecule has 1 saturated carbocycles. The zero-order valence-corrected chi connectivity index (χ0v) is 21.3. The van der Waals surface area contributed by atoms with Crippen LogP contribution in [0.3, 0.4) is 0 Å². The number of fused-ring (bicyclic) bond motifs is 1. The molecule has 1 aromatic carbocycles. The number of carbonyl (C=O) groups excluding carboxylic acids is 2. The van der Waals surface area contributed by atoms with Crippen molar-refractivity contribution >= 4 is 17.4 Å². The Hall–Kier alpha value is -2.96. The van der Waals surface area contributed by atoms with Crippen molar-refractivity contribution < 1.29 is 38.1 Å². The van der Waals surface area contributed by atoms with Crippen LogP contribution in [0.4, 0.5) is 18.9 Å². The fourth-order valence-electron chi connectivity index (χ4n) is 5.56. The van der Waals surface area contributed by atoms with Gasteiger partial charge in [-0.15, -0.1) is 0 Å². The molecule has 1 atom stereocenters. The van der Waals surface area contributed by atoms with Gasteiger partial charge in [-0.05, 0) is 55.7 Å². The largest absolute Gasteiger partial charge is 0.435 e. The molecular formula is C26H33F3N4O5. The molecule has 1 fully saturated rings. The minimum Gasteiger partial charge on any atom is -0.394 e. The number of carbonyl (C=O) groups is 2. The number of benzene rings is 1. The highest BCUT2D eigenvalue weighted by Crippen LogP contribution is 2.42. The van der Waals surface area contributed by atoms with Crippen LogP contribution in [0, 0.1) is 5.41 Å². The second-order valence-electron chi connectivity index (χ2n) is 11.0. The Bertz CT molecular complexity index is 1220. The third kappa shape index (κ3) is 5.57. The first-order chi connectivity index (χ1) is 17.7. The molecule has 2 aliphatic rings. The van der Waals surface area contributed by atoms with E-state index in [0.717, 1.165) is 4.68 Å². The number of hydrogen-bond acceptors (Lipinski definition) is 7. The van der Waals surface area contributed by atoms with Crippen LogP contribution in [-0.2, 0) is 12.6 Å². The van der Waals surface area contributed by atoms with Gasteiger partial charge in [-0.1, -0.05) is 13.8 Å². The number of rotatable bonds is 7. The molecule has 2 aromatic rings. The smallest absolute Gasteiger partial charge is 0.394 e. The maximum atomic E-state index is 13.9. The number of nitrogens with zero attached hydrogens (tertiary/aromatic N) is 3. The Labute approximate surface area is 218 Å². The maximum absolute atomic E-state index is 13.9. The van der Waals surface area contributed by atoms with Crippen LogP contribution in [0.2, 0.25) is 0 Å². The number of nitrogens with two attached hydrogens (primary N) is 1. The van der Waals surface area contributed by atoms with Gasteiger partial charge in [0.25, 0.3) is 5.91 Å². The number of halogens is 3. The van der Waals surface area contributed by atoms with Crippen molar-refractivity contribution in [3.8, 4) is 5.69 Å². The molecule has 12 heteroatoms. The van der Waals surface area contributed by atoms with E-state index < -0.39 is 53.4 Å². The van der Waals surface area contributed by atoms with Crippen LogP contribution in [0.25, 0.3) is 5.69 Å². The summed E-state index contributed by atoms with van der Waals surface area (Å²) in [5.41, 5.74) is 4.06. The van der Waals surface area contributed by atoms with E-state index in [1.165, 1.54) is 18.2 Å². The summed E-state index contributed by atoms with van der Waals surface area (Å²) in [6.07, 6.45) is -4.32. The van der Waals surface area contributed by atoms with Gasteiger partial charge in [-0.2, -0.15) is 18.3 Å². The van der Waals surface area contributed by atoms with Gasteiger partial charge >= 0.3 is 6.18 Å². The van der Waals surface area contributed by atoms with Crippen molar-refractivity contribution in [1.29, 1.82) is 0 Å². The quantitative estimate of drug-likeness (QED) is 0.425. The van der Waals surface area contributed by atoms with E-state index in [0.29, 0.717) is 25.7 Å². The molecule has 208 valence electrons. The lowest BCUT2D eigenvalue weighted by atomic mass is 9.75. The summed E-state index contributed by atoms with van der Waals surface area (Å²) < 4.78 is 42.9. The van der Waals surface area contributed by atoms with Gasteiger partial charge in [-0.3, -0.25) is 9.59 Å². The fourth-order valence-corrected chi connectivity index (χ4v) is 5.56. The average Bonchev–Trinajstić information content (AvgIpc) is 3.22. The molecule has 1 aromatic heterocycles. The van der Waals surface area contributed by atoms with E-state index in [1.54, 1.807) is 18.7 Å². The van der Waals surface area contributed by atoms with Gasteiger partial charge in [0.1, 0.15) is 0 Å². The molecule has 2 aliphatic carbocycles. The van der Waals surface area contributed by atoms with E-state index in [-0.39, 0.29) is 48.1 Å². The molecule has 0 spiro atoms. The predicted molar refractivity (Wildman–Crippen MR) is 132 cm³/mol. The van der Waals surface area contributed by atoms with E-state index in [4.69, 9.17) is 5.73 Å². The molecule has 1 amide bonds. The maximum Gasteiger partial charge on any atom is 0.435 e. The first-order valence-electron chi connectivity index (χ1n) is 12.6. The van der Waals surface area contributed by atoms with Crippen LogP contribution in [0.5, 0.6) is 0 Å². The Morgan fingerprint density at radius 2 is 1.89 bits per heavy atom. The first-order valence-corrected chi connectivity index (χ1v) is 12.6. The summed E-state index contributed by atoms with van der Waals surface area (Å²) in [5, 5.41) is 33.6. The van der Waals surface area contributed by atoms with Gasteiger partial charge < -0.3 is 26.0 Å². The lowest BCUT2D eigenvalue weighted by molar-refractivity contribution is -0.141. The number of ketones is 1. The van der Waals surface area contributed by atoms with E-state index in [1.807, 2.05) is 0 Å². The van der Waals surface area contributed by atoms with Crippen molar-refractivity contribution in [2.45, 2.75) is 76.8 Å². The number of primary amides is 1. The van der Waals surface area contributed by atoms with E-state index in [9.17, 15) is 38.1 Å². The summed E-state index contributed by atoms with van der Waals surface area (Å²) in [5.74, 6) is -1.40. The molecule has 5 N–H and O–H groups in total. The SMILES string of the molecule is CC1(C)CC(=O)c2c(C(F)(F)F)nn(-c3ccc(C(N)=O)c(N(CC(O)CO)[C@H]4CC[C@H](O)CC4)c3)c2C1. The third-order valence-electron chi connectivity index (χ3n) is 7.34. The topological polar surface area (TPSA) is 142 Å². The van der Waals surface area contributed by atoms with Crippen molar-refractivity contribution in [2.24, 2.45) is 11.1 Å². The second-order valence-corrected chi connectivity index (χ2v) is 11.0. The third-order valence-corrected chi connectivity index (χ3v) is 7.34. The summed E-state index contributed by atoms with van der Waals surface area (Å²) in [6, 6.07) is 4.06. The monoisotopic (exact) mass is 538 g/mol. The Morgan fingerprint density at radius 1 is 1.24 bits per heavy atom. The van der Waals surface area contributed by atoms with Crippen molar-refractivity contribution in [1.82, 2.24) is 9.78 Å². The first kappa shape index (κ1) is 28.1. The number of amides is 1. The van der Waals surface area contributed by atoms with Crippen molar-refractivity contribution in [2.75, 3.05) is 18.1 Å². The van der Waals surface area contributed by atoms with Crippen molar-refractivity contribution in [3.63, 3.8) is 0 Å². The molecule has 1 heterocycles. The number of alkyl halides is 3. The highest BCUT2D eigenvalue weighted by atomic mass is 19.4. The zero-order valence-electron chi connectivity index (χ0n) is 21.3. The lowest BCUT2D eigenvalue weighted by Crippen LogP contribution is -2.45. The van der Waals surface area contributed by atoms with Crippen LogP contribution in [0.1, 0.15) is 78.1 Å². The molecule has 9 nitrogen and oxygen atoms in total. The number of aliphatic hydroxyl groups is 3. The molecule has 0 radical (unpaired) electrons. The Kier molecular flexibility index (Phi) is 7.61. The number of anilines is 1. The Balaban J connectivity index is 1.89. The summed E-state index contributed by atoms with van der Waals surface area (Å²) in [4.78, 5) is 26.9. The molecule has 0 aliphatic heterocycles. The van der Waals surface area contributed by atoms with Crippen LogP contribution >= 0.6 is 0 Å². The predicted octanol–water partition coefficient (Wildman–Crippen LogP) is 2.61. The highest BCUT2D eigenvalue weighted by molar-refractivity contribution is 6.01. The fraction of sp³-hybridized carbons (Fsp3) is 0.577. The Morgan fingerprint density at radius 3 is 2.47 bits per heavy atom. The standard InChI is InChI=1S/C26H33F3N4O5/c1-25(2)10-20-22(21(37)11-25)23(26(27,28)29)31-33(20)15-5-8-18(24(30)38)19(9-15)32(12-17(36)13-34)14-3-6-16(35)7-4-14/h5,8-9,14,16-17,34-36H,3-4,6-7,10-13H2,1-2H3,(H2,30,38)/t14-,16-,17?. The van der Waals surface area contributed by atoms with Crippen molar-refractivity contribution in [3.05, 3.63) is 40.7 Å². The summed E-state index contributed by atoms with van der Waals surface area (Å²) in [6.45, 7) is 2.99. The lowest BCUT2D eigenvalue weighted by Gasteiger charge is -2.39. The van der Waals surface area contributed by atoms with E-state index in [2.05, 4.69) is 5.10 Å². The summed E-state index contributed by atoms with van der Waals surface area (Å²) >= 11 is 0. The molecule has 0 bridgehead atoms. The number of aromatic nitrogens is 2. The van der Waals surface area contributed by atoms with Gasteiger partial charge in [0.2, 0.25) is 0 Å². The van der Waals surface area contributed by atoms with Crippen LogP contribution in [-0.4, -0.2) is 68.2 Å². The van der Waals surface area contributed by atoms with Crippen LogP contribution in [0.15, 0.2) is 18.2 Å². The molecule has 4 rings (SSSR count). The van der Waals surface area contributed by atoms with Gasteiger partial charge in [0.05, 0.1) is 47.0 Å². The number of aliphatic hydroxyl groups excluding tert-OH is 3. The summed E-state index contributed by atoms with van der Waals surface area (Å²) in [7, 11) is 0. The second kappa shape index (κ2) is 10.3. The number of hydrogen-bond donors (Lipinski definition) is 4. The van der Waals surface area contributed by atoms with Gasteiger partial charge in [-0.25, -0.2) is 4.68 Å². The van der Waals surface area contributed by atoms with Gasteiger partial charge in [0, 0.05) is 19.0 Å². The van der Waals surface area contributed by atoms with Crippen LogP contribution < -0.4 is 10.6 Å². The molecule has 1 unspecified atom stereocenters. The number of Topliss-reactive ketones (excluding diaryl/α,β-unsaturated/α-hetero) is 1. The molecule has 38 heavy (non-hydrogen) atoms. The average molecular weight is 539 g/mol. The molecular weight excluding hydrogens is 505 g/mol. The zero-order chi connectivity index (χ0) is 28.0. The highest BCUT2D eigenvalue weighted by Gasteiger charge is 2.45. The van der Waals surface area contributed by atoms with E-state index >= 15 is 0 Å². The minimum absolute atomic E-state index is 0.0407. The normalized spacial score (nSPS) is 22.2. The van der Waals surface area contributed by atoms with Gasteiger partial charge in [0.15, 0.2) is 11.5 Å². The minimum atomic E-state index is -4.84. The molecule has 0 saturated heterocycles.